The zero-order valence-corrected chi connectivity index (χ0v) is 11.4. The zero-order chi connectivity index (χ0) is 13.1. The van der Waals surface area contributed by atoms with Gasteiger partial charge in [-0.25, -0.2) is 0 Å². The first-order valence-electron chi connectivity index (χ1n) is 6.36. The molecule has 0 N–H and O–H groups in total. The summed E-state index contributed by atoms with van der Waals surface area (Å²) in [5.41, 5.74) is 2.20. The van der Waals surface area contributed by atoms with Crippen LogP contribution < -0.4 is 9.80 Å². The molecule has 0 radical (unpaired) electrons. The van der Waals surface area contributed by atoms with E-state index in [0.29, 0.717) is 0 Å². The van der Waals surface area contributed by atoms with E-state index in [4.69, 9.17) is 0 Å². The van der Waals surface area contributed by atoms with Crippen LogP contribution >= 0.6 is 0 Å². The second-order valence-corrected chi connectivity index (χ2v) is 4.95. The number of amides is 1. The highest BCUT2D eigenvalue weighted by Gasteiger charge is 2.24. The molecule has 1 aliphatic heterocycles. The number of hydrogen-bond acceptors (Lipinski definition) is 3. The molecule has 0 unspecified atom stereocenters. The molecule has 98 valence electrons. The van der Waals surface area contributed by atoms with Gasteiger partial charge < -0.3 is 14.7 Å². The second-order valence-electron chi connectivity index (χ2n) is 4.95. The smallest absolute Gasteiger partial charge is 0.223 e. The van der Waals surface area contributed by atoms with Crippen molar-refractivity contribution >= 4 is 17.3 Å². The lowest BCUT2D eigenvalue weighted by molar-refractivity contribution is -0.116. The van der Waals surface area contributed by atoms with Crippen LogP contribution in [0.2, 0.25) is 0 Å². The zero-order valence-electron chi connectivity index (χ0n) is 11.4. The largest absolute Gasteiger partial charge is 0.367 e. The third-order valence-corrected chi connectivity index (χ3v) is 3.30. The van der Waals surface area contributed by atoms with Gasteiger partial charge >= 0.3 is 0 Å². The number of nitrogens with zero attached hydrogens (tertiary/aromatic N) is 3. The fourth-order valence-electron chi connectivity index (χ4n) is 2.30. The van der Waals surface area contributed by atoms with Gasteiger partial charge in [0.2, 0.25) is 5.91 Å². The van der Waals surface area contributed by atoms with Gasteiger partial charge in [-0.3, -0.25) is 4.79 Å². The fourth-order valence-corrected chi connectivity index (χ4v) is 2.30. The summed E-state index contributed by atoms with van der Waals surface area (Å²) < 4.78 is 0. The van der Waals surface area contributed by atoms with Gasteiger partial charge in [-0.1, -0.05) is 12.1 Å². The molecule has 4 nitrogen and oxygen atoms in total. The standard InChI is InChI=1S/C14H21N3O/c1-12(18)17-11-10-16(9-8-15(2)3)13-6-4-5-7-14(13)17/h4-7H,8-11H2,1-3H3. The Morgan fingerprint density at radius 1 is 1.22 bits per heavy atom. The highest BCUT2D eigenvalue weighted by molar-refractivity contribution is 5.96. The first-order chi connectivity index (χ1) is 8.59. The Hall–Kier alpha value is -1.55. The SMILES string of the molecule is CC(=O)N1CCN(CCN(C)C)c2ccccc21. The molecule has 1 amide bonds. The minimum absolute atomic E-state index is 0.120. The number of rotatable bonds is 3. The van der Waals surface area contributed by atoms with E-state index in [-0.39, 0.29) is 5.91 Å². The Bertz CT molecular complexity index is 431. The average Bonchev–Trinajstić information content (AvgIpc) is 2.35. The van der Waals surface area contributed by atoms with Gasteiger partial charge in [-0.05, 0) is 26.2 Å². The second kappa shape index (κ2) is 5.40. The van der Waals surface area contributed by atoms with Crippen molar-refractivity contribution in [2.24, 2.45) is 0 Å². The molecule has 1 aromatic carbocycles. The van der Waals surface area contributed by atoms with E-state index in [1.807, 2.05) is 23.1 Å². The van der Waals surface area contributed by atoms with E-state index in [0.717, 1.165) is 31.9 Å². The molecule has 0 bridgehead atoms. The number of benzene rings is 1. The molecule has 1 aliphatic rings. The van der Waals surface area contributed by atoms with E-state index in [1.165, 1.54) is 5.69 Å². The maximum absolute atomic E-state index is 11.6. The molecule has 1 aromatic rings. The van der Waals surface area contributed by atoms with Gasteiger partial charge in [0.05, 0.1) is 11.4 Å². The van der Waals surface area contributed by atoms with Gasteiger partial charge in [-0.15, -0.1) is 0 Å². The van der Waals surface area contributed by atoms with E-state index < -0.39 is 0 Å². The molecule has 0 saturated heterocycles. The van der Waals surface area contributed by atoms with Gasteiger partial charge in [0.25, 0.3) is 0 Å². The topological polar surface area (TPSA) is 26.8 Å². The van der Waals surface area contributed by atoms with Crippen molar-refractivity contribution in [1.82, 2.24) is 4.90 Å². The summed E-state index contributed by atoms with van der Waals surface area (Å²) in [5.74, 6) is 0.120. The predicted octanol–water partition coefficient (Wildman–Crippen LogP) is 1.42. The van der Waals surface area contributed by atoms with E-state index in [9.17, 15) is 4.79 Å². The predicted molar refractivity (Wildman–Crippen MR) is 75.2 cm³/mol. The first kappa shape index (κ1) is 12.9. The van der Waals surface area contributed by atoms with Crippen LogP contribution in [0.1, 0.15) is 6.92 Å². The maximum Gasteiger partial charge on any atom is 0.223 e. The minimum Gasteiger partial charge on any atom is -0.367 e. The Kier molecular flexibility index (Phi) is 3.87. The molecule has 0 atom stereocenters. The summed E-state index contributed by atoms with van der Waals surface area (Å²) >= 11 is 0. The molecule has 0 spiro atoms. The van der Waals surface area contributed by atoms with Crippen LogP contribution in [0.3, 0.4) is 0 Å². The quantitative estimate of drug-likeness (QED) is 0.808. The van der Waals surface area contributed by atoms with Crippen molar-refractivity contribution in [3.8, 4) is 0 Å². The average molecular weight is 247 g/mol. The summed E-state index contributed by atoms with van der Waals surface area (Å²) in [5, 5.41) is 0. The van der Waals surface area contributed by atoms with Crippen LogP contribution in [-0.2, 0) is 4.79 Å². The van der Waals surface area contributed by atoms with Crippen LogP contribution in [-0.4, -0.2) is 51.1 Å². The lowest BCUT2D eigenvalue weighted by Gasteiger charge is -2.37. The summed E-state index contributed by atoms with van der Waals surface area (Å²) in [4.78, 5) is 18.0. The molecule has 4 heteroatoms. The van der Waals surface area contributed by atoms with Crippen LogP contribution in [0.25, 0.3) is 0 Å². The van der Waals surface area contributed by atoms with Crippen LogP contribution in [0.4, 0.5) is 11.4 Å². The summed E-state index contributed by atoms with van der Waals surface area (Å²) in [6.45, 7) is 5.33. The van der Waals surface area contributed by atoms with Crippen molar-refractivity contribution in [1.29, 1.82) is 0 Å². The highest BCUT2D eigenvalue weighted by atomic mass is 16.2. The van der Waals surface area contributed by atoms with Gasteiger partial charge in [0.1, 0.15) is 0 Å². The Morgan fingerprint density at radius 3 is 2.50 bits per heavy atom. The van der Waals surface area contributed by atoms with Crippen LogP contribution in [0.5, 0.6) is 0 Å². The first-order valence-corrected chi connectivity index (χ1v) is 6.36. The van der Waals surface area contributed by atoms with Crippen molar-refractivity contribution < 1.29 is 4.79 Å². The minimum atomic E-state index is 0.120. The van der Waals surface area contributed by atoms with Gasteiger partial charge in [0.15, 0.2) is 0 Å². The molecule has 0 saturated carbocycles. The highest BCUT2D eigenvalue weighted by Crippen LogP contribution is 2.32. The number of para-hydroxylation sites is 2. The Labute approximate surface area is 109 Å². The lowest BCUT2D eigenvalue weighted by Crippen LogP contribution is -2.45. The molecular formula is C14H21N3O. The molecule has 0 aromatic heterocycles. The Morgan fingerprint density at radius 2 is 1.89 bits per heavy atom. The van der Waals surface area contributed by atoms with E-state index >= 15 is 0 Å². The molecule has 0 fully saturated rings. The van der Waals surface area contributed by atoms with Crippen molar-refractivity contribution in [3.63, 3.8) is 0 Å². The van der Waals surface area contributed by atoms with Crippen LogP contribution in [0, 0.1) is 0 Å². The van der Waals surface area contributed by atoms with Crippen molar-refractivity contribution in [2.45, 2.75) is 6.92 Å². The third-order valence-electron chi connectivity index (χ3n) is 3.30. The van der Waals surface area contributed by atoms with Crippen LogP contribution in [0.15, 0.2) is 24.3 Å². The summed E-state index contributed by atoms with van der Waals surface area (Å²) in [6, 6.07) is 8.15. The lowest BCUT2D eigenvalue weighted by atomic mass is 10.1. The maximum atomic E-state index is 11.6. The molecule has 18 heavy (non-hydrogen) atoms. The molecule has 2 rings (SSSR count). The monoisotopic (exact) mass is 247 g/mol. The normalized spacial score (nSPS) is 14.9. The number of likely N-dealkylation sites (N-methyl/N-ethyl adjacent to an activating group) is 1. The van der Waals surface area contributed by atoms with E-state index in [2.05, 4.69) is 30.0 Å². The fraction of sp³-hybridized carbons (Fsp3) is 0.500. The van der Waals surface area contributed by atoms with E-state index in [1.54, 1.807) is 6.92 Å². The Balaban J connectivity index is 2.22. The number of anilines is 2. The van der Waals surface area contributed by atoms with Crippen molar-refractivity contribution in [2.75, 3.05) is 50.1 Å². The summed E-state index contributed by atoms with van der Waals surface area (Å²) in [7, 11) is 4.16. The molecular weight excluding hydrogens is 226 g/mol. The number of hydrogen-bond donors (Lipinski definition) is 0. The molecule has 1 heterocycles. The van der Waals surface area contributed by atoms with Crippen molar-refractivity contribution in [3.05, 3.63) is 24.3 Å². The molecule has 0 aliphatic carbocycles. The summed E-state index contributed by atoms with van der Waals surface area (Å²) in [6.07, 6.45) is 0. The third kappa shape index (κ3) is 2.64. The van der Waals surface area contributed by atoms with Gasteiger partial charge in [0, 0.05) is 33.1 Å². The number of carbonyl (C=O) groups excluding carboxylic acids is 1. The number of fused-ring (bicyclic) bond motifs is 1. The number of carbonyl (C=O) groups is 1. The van der Waals surface area contributed by atoms with Gasteiger partial charge in [-0.2, -0.15) is 0 Å².